The summed E-state index contributed by atoms with van der Waals surface area (Å²) in [7, 11) is 0. The van der Waals surface area contributed by atoms with E-state index in [0.717, 1.165) is 16.9 Å². The third kappa shape index (κ3) is 4.46. The van der Waals surface area contributed by atoms with Crippen LogP contribution in [0.25, 0.3) is 0 Å². The van der Waals surface area contributed by atoms with Crippen LogP contribution in [0.5, 0.6) is 0 Å². The van der Waals surface area contributed by atoms with E-state index in [9.17, 15) is 22.8 Å². The van der Waals surface area contributed by atoms with Crippen LogP contribution in [0.2, 0.25) is 5.02 Å². The molecule has 2 N–H and O–H groups in total. The maximum Gasteiger partial charge on any atom is 0.435 e. The van der Waals surface area contributed by atoms with Gasteiger partial charge in [-0.05, 0) is 24.3 Å². The monoisotopic (exact) mass is 347 g/mol. The van der Waals surface area contributed by atoms with Gasteiger partial charge < -0.3 is 10.4 Å². The van der Waals surface area contributed by atoms with Crippen LogP contribution in [-0.2, 0) is 17.5 Å². The molecule has 1 aromatic heterocycles. The molecule has 2 aromatic rings. The van der Waals surface area contributed by atoms with E-state index < -0.39 is 30.3 Å². The molecule has 0 aliphatic rings. The molecule has 0 spiro atoms. The number of carbonyl (C=O) groups excluding carboxylic acids is 1. The average Bonchev–Trinajstić information content (AvgIpc) is 2.86. The standard InChI is InChI=1S/C13H9ClF3N3O3/c14-8-3-7(12(22)23)4-9(5-8)18-11(21)6-20-2-1-10(19-20)13(15,16)17/h1-5H,6H2,(H,18,21)(H,22,23). The van der Waals surface area contributed by atoms with Crippen LogP contribution in [0.4, 0.5) is 18.9 Å². The number of rotatable bonds is 4. The van der Waals surface area contributed by atoms with Crippen LogP contribution in [-0.4, -0.2) is 26.8 Å². The predicted octanol–water partition coefficient (Wildman–Crippen LogP) is 2.89. The number of hydrogen-bond donors (Lipinski definition) is 2. The average molecular weight is 348 g/mol. The molecule has 0 aliphatic heterocycles. The number of nitrogens with zero attached hydrogens (tertiary/aromatic N) is 2. The zero-order chi connectivity index (χ0) is 17.2. The molecular weight excluding hydrogens is 339 g/mol. The largest absolute Gasteiger partial charge is 0.478 e. The number of anilines is 1. The molecule has 0 fully saturated rings. The highest BCUT2D eigenvalue weighted by molar-refractivity contribution is 6.31. The maximum atomic E-state index is 12.4. The minimum Gasteiger partial charge on any atom is -0.478 e. The van der Waals surface area contributed by atoms with Crippen molar-refractivity contribution in [3.05, 3.63) is 46.7 Å². The zero-order valence-corrected chi connectivity index (χ0v) is 12.0. The third-order valence-corrected chi connectivity index (χ3v) is 2.88. The molecule has 0 bridgehead atoms. The summed E-state index contributed by atoms with van der Waals surface area (Å²) in [5, 5.41) is 14.6. The minimum absolute atomic E-state index is 0.0960. The minimum atomic E-state index is -4.59. The Balaban J connectivity index is 2.08. The SMILES string of the molecule is O=C(Cn1ccc(C(F)(F)F)n1)Nc1cc(Cl)cc(C(=O)O)c1. The second-order valence-electron chi connectivity index (χ2n) is 4.48. The van der Waals surface area contributed by atoms with E-state index in [1.54, 1.807) is 0 Å². The van der Waals surface area contributed by atoms with E-state index in [0.29, 0.717) is 0 Å². The number of carboxylic acid groups (broad SMARTS) is 1. The van der Waals surface area contributed by atoms with E-state index in [1.807, 2.05) is 0 Å². The van der Waals surface area contributed by atoms with Crippen molar-refractivity contribution in [2.45, 2.75) is 12.7 Å². The Morgan fingerprint density at radius 1 is 1.30 bits per heavy atom. The number of amides is 1. The maximum absolute atomic E-state index is 12.4. The van der Waals surface area contributed by atoms with Crippen LogP contribution in [0, 0.1) is 0 Å². The molecule has 0 aliphatic carbocycles. The molecule has 1 amide bonds. The number of carboxylic acids is 1. The van der Waals surface area contributed by atoms with Crippen molar-refractivity contribution in [3.63, 3.8) is 0 Å². The van der Waals surface area contributed by atoms with Crippen molar-refractivity contribution < 1.29 is 27.9 Å². The van der Waals surface area contributed by atoms with Crippen LogP contribution in [0.1, 0.15) is 16.1 Å². The molecule has 0 atom stereocenters. The van der Waals surface area contributed by atoms with E-state index >= 15 is 0 Å². The Labute approximate surface area is 132 Å². The van der Waals surface area contributed by atoms with E-state index in [-0.39, 0.29) is 16.3 Å². The summed E-state index contributed by atoms with van der Waals surface area (Å²) >= 11 is 5.73. The summed E-state index contributed by atoms with van der Waals surface area (Å²) in [5.74, 6) is -1.91. The molecule has 10 heteroatoms. The number of aromatic nitrogens is 2. The molecule has 0 saturated carbocycles. The Bertz CT molecular complexity index is 758. The van der Waals surface area contributed by atoms with E-state index in [4.69, 9.17) is 16.7 Å². The van der Waals surface area contributed by atoms with Crippen molar-refractivity contribution in [2.24, 2.45) is 0 Å². The van der Waals surface area contributed by atoms with Crippen molar-refractivity contribution in [2.75, 3.05) is 5.32 Å². The highest BCUT2D eigenvalue weighted by Crippen LogP contribution is 2.27. The lowest BCUT2D eigenvalue weighted by Crippen LogP contribution is -2.20. The highest BCUT2D eigenvalue weighted by Gasteiger charge is 2.33. The number of benzene rings is 1. The second-order valence-corrected chi connectivity index (χ2v) is 4.91. The van der Waals surface area contributed by atoms with Gasteiger partial charge >= 0.3 is 12.1 Å². The van der Waals surface area contributed by atoms with Gasteiger partial charge in [0.15, 0.2) is 5.69 Å². The van der Waals surface area contributed by atoms with E-state index in [2.05, 4.69) is 10.4 Å². The summed E-state index contributed by atoms with van der Waals surface area (Å²) in [5.41, 5.74) is -1.13. The molecule has 0 unspecified atom stereocenters. The van der Waals surface area contributed by atoms with Crippen LogP contribution in [0.3, 0.4) is 0 Å². The van der Waals surface area contributed by atoms with Crippen molar-refractivity contribution in [1.29, 1.82) is 0 Å². The molecule has 122 valence electrons. The number of aromatic carboxylic acids is 1. The van der Waals surface area contributed by atoms with Gasteiger partial charge in [0.25, 0.3) is 0 Å². The topological polar surface area (TPSA) is 84.2 Å². The van der Waals surface area contributed by atoms with Gasteiger partial charge in [0.1, 0.15) is 6.54 Å². The molecular formula is C13H9ClF3N3O3. The number of hydrogen-bond acceptors (Lipinski definition) is 3. The fourth-order valence-electron chi connectivity index (χ4n) is 1.73. The zero-order valence-electron chi connectivity index (χ0n) is 11.3. The smallest absolute Gasteiger partial charge is 0.435 e. The van der Waals surface area contributed by atoms with Gasteiger partial charge in [0.2, 0.25) is 5.91 Å². The first-order valence-electron chi connectivity index (χ1n) is 6.09. The number of carbonyl (C=O) groups is 2. The fourth-order valence-corrected chi connectivity index (χ4v) is 1.97. The highest BCUT2D eigenvalue weighted by atomic mass is 35.5. The fraction of sp³-hybridized carbons (Fsp3) is 0.154. The first-order valence-corrected chi connectivity index (χ1v) is 6.47. The number of alkyl halides is 3. The Hall–Kier alpha value is -2.55. The first-order chi connectivity index (χ1) is 10.6. The molecule has 6 nitrogen and oxygen atoms in total. The van der Waals surface area contributed by atoms with Gasteiger partial charge in [0, 0.05) is 16.9 Å². The van der Waals surface area contributed by atoms with Crippen molar-refractivity contribution in [3.8, 4) is 0 Å². The van der Waals surface area contributed by atoms with Crippen molar-refractivity contribution in [1.82, 2.24) is 9.78 Å². The normalized spacial score (nSPS) is 11.3. The van der Waals surface area contributed by atoms with Gasteiger partial charge in [-0.2, -0.15) is 18.3 Å². The Kier molecular flexibility index (Phi) is 4.60. The Morgan fingerprint density at radius 3 is 2.57 bits per heavy atom. The molecule has 0 radical (unpaired) electrons. The molecule has 1 aromatic carbocycles. The summed E-state index contributed by atoms with van der Waals surface area (Å²) in [6, 6.07) is 4.43. The van der Waals surface area contributed by atoms with Gasteiger partial charge in [0.05, 0.1) is 5.56 Å². The van der Waals surface area contributed by atoms with Gasteiger partial charge in [-0.3, -0.25) is 9.48 Å². The lowest BCUT2D eigenvalue weighted by atomic mass is 10.2. The number of nitrogens with one attached hydrogen (secondary N) is 1. The summed E-state index contributed by atoms with van der Waals surface area (Å²) in [6.45, 7) is -0.467. The first kappa shape index (κ1) is 16.8. The van der Waals surface area contributed by atoms with Gasteiger partial charge in [-0.15, -0.1) is 0 Å². The van der Waals surface area contributed by atoms with Crippen LogP contribution < -0.4 is 5.32 Å². The molecule has 23 heavy (non-hydrogen) atoms. The molecule has 0 saturated heterocycles. The predicted molar refractivity (Wildman–Crippen MR) is 74.3 cm³/mol. The van der Waals surface area contributed by atoms with Gasteiger partial charge in [-0.1, -0.05) is 11.6 Å². The summed E-state index contributed by atoms with van der Waals surface area (Å²) in [4.78, 5) is 22.7. The lowest BCUT2D eigenvalue weighted by molar-refractivity contribution is -0.141. The second kappa shape index (κ2) is 6.29. The molecule has 2 rings (SSSR count). The van der Waals surface area contributed by atoms with Gasteiger partial charge in [-0.25, -0.2) is 4.79 Å². The number of halogens is 4. The molecule has 1 heterocycles. The van der Waals surface area contributed by atoms with E-state index in [1.165, 1.54) is 18.2 Å². The lowest BCUT2D eigenvalue weighted by Gasteiger charge is -2.07. The van der Waals surface area contributed by atoms with Crippen LogP contribution in [0.15, 0.2) is 30.5 Å². The summed E-state index contributed by atoms with van der Waals surface area (Å²) in [6.07, 6.45) is -3.58. The third-order valence-electron chi connectivity index (χ3n) is 2.67. The summed E-state index contributed by atoms with van der Waals surface area (Å²) < 4.78 is 38.0. The quantitative estimate of drug-likeness (QED) is 0.890. The Morgan fingerprint density at radius 2 is 2.00 bits per heavy atom. The van der Waals surface area contributed by atoms with Crippen molar-refractivity contribution >= 4 is 29.2 Å². The van der Waals surface area contributed by atoms with Crippen LogP contribution >= 0.6 is 11.6 Å².